The van der Waals surface area contributed by atoms with Crippen LogP contribution in [-0.2, 0) is 0 Å². The summed E-state index contributed by atoms with van der Waals surface area (Å²) in [5.41, 5.74) is 10.2. The molecule has 0 radical (unpaired) electrons. The zero-order valence-corrected chi connectivity index (χ0v) is 23.7. The molecule has 3 N–H and O–H groups in total. The van der Waals surface area contributed by atoms with Crippen molar-refractivity contribution >= 4 is 75.2 Å². The van der Waals surface area contributed by atoms with E-state index in [0.717, 1.165) is 33.1 Å². The molecule has 3 heterocycles. The SMILES string of the molecule is Cc1ccc2[nH]cnc2c1.Cc1ccc2[nH]cnc2c1.Cc1ccc2[nH]cnc2c1.[Cl][Ga]([Cl])[Cl]. The van der Waals surface area contributed by atoms with Crippen LogP contribution >= 0.6 is 28.9 Å². The molecule has 0 aliphatic rings. The van der Waals surface area contributed by atoms with Crippen molar-refractivity contribution in [1.29, 1.82) is 0 Å². The van der Waals surface area contributed by atoms with Crippen LogP contribution in [0.1, 0.15) is 16.7 Å². The summed E-state index contributed by atoms with van der Waals surface area (Å²) in [4.78, 5) is 21.5. The van der Waals surface area contributed by atoms with Crippen molar-refractivity contribution in [3.8, 4) is 0 Å². The second-order valence-corrected chi connectivity index (χ2v) is 18.8. The van der Waals surface area contributed by atoms with Crippen LogP contribution in [0, 0.1) is 20.8 Å². The number of H-pyrrole nitrogens is 3. The summed E-state index contributed by atoms with van der Waals surface area (Å²) in [7, 11) is 15.0. The van der Waals surface area contributed by atoms with Gasteiger partial charge in [-0.1, -0.05) is 18.2 Å². The van der Waals surface area contributed by atoms with Gasteiger partial charge in [0.2, 0.25) is 0 Å². The number of nitrogens with zero attached hydrogens (tertiary/aromatic N) is 3. The Morgan fingerprint density at radius 1 is 0.529 bits per heavy atom. The summed E-state index contributed by atoms with van der Waals surface area (Å²) < 4.78 is 0. The van der Waals surface area contributed by atoms with Crippen molar-refractivity contribution in [2.24, 2.45) is 0 Å². The average Bonchev–Trinajstić information content (AvgIpc) is 3.53. The van der Waals surface area contributed by atoms with Crippen LogP contribution < -0.4 is 0 Å². The van der Waals surface area contributed by atoms with E-state index in [9.17, 15) is 0 Å². The van der Waals surface area contributed by atoms with Crippen LogP contribution in [0.15, 0.2) is 73.6 Å². The Morgan fingerprint density at radius 3 is 1.06 bits per heavy atom. The van der Waals surface area contributed by atoms with Gasteiger partial charge in [-0.2, -0.15) is 0 Å². The first-order valence-corrected chi connectivity index (χ1v) is 20.0. The zero-order valence-electron chi connectivity index (χ0n) is 19.0. The first kappa shape index (κ1) is 26.2. The van der Waals surface area contributed by atoms with Crippen molar-refractivity contribution in [3.05, 3.63) is 90.3 Å². The Bertz CT molecular complexity index is 1280. The average molecular weight is 573 g/mol. The third kappa shape index (κ3) is 8.11. The fourth-order valence-electron chi connectivity index (χ4n) is 3.13. The number of aryl methyl sites for hydroxylation is 3. The topological polar surface area (TPSA) is 86.0 Å². The van der Waals surface area contributed by atoms with Gasteiger partial charge in [0.05, 0.1) is 52.1 Å². The molecule has 0 atom stereocenters. The maximum atomic E-state index is 4.99. The van der Waals surface area contributed by atoms with Gasteiger partial charge >= 0.3 is 42.1 Å². The van der Waals surface area contributed by atoms with Crippen molar-refractivity contribution in [2.75, 3.05) is 0 Å². The van der Waals surface area contributed by atoms with E-state index in [1.165, 1.54) is 16.7 Å². The number of fused-ring (bicyclic) bond motifs is 3. The first-order chi connectivity index (χ1) is 16.3. The Morgan fingerprint density at radius 2 is 0.794 bits per heavy atom. The summed E-state index contributed by atoms with van der Waals surface area (Å²) in [5.74, 6) is 0. The first-order valence-electron chi connectivity index (χ1n) is 10.4. The summed E-state index contributed by atoms with van der Waals surface area (Å²) in [6, 6.07) is 18.5. The molecule has 3 aromatic carbocycles. The van der Waals surface area contributed by atoms with Crippen LogP contribution in [0.5, 0.6) is 0 Å². The molecule has 0 unspecified atom stereocenters. The Labute approximate surface area is 215 Å². The quantitative estimate of drug-likeness (QED) is 0.167. The second kappa shape index (κ2) is 12.9. The Balaban J connectivity index is 0.000000133. The minimum absolute atomic E-state index is 1.04. The third-order valence-electron chi connectivity index (χ3n) is 4.73. The molecule has 0 aliphatic heterocycles. The molecule has 10 heteroatoms. The number of hydrogen-bond acceptors (Lipinski definition) is 3. The van der Waals surface area contributed by atoms with E-state index in [1.807, 2.05) is 18.2 Å². The molecule has 6 aromatic rings. The van der Waals surface area contributed by atoms with E-state index < -0.39 is 13.2 Å². The molecular weight excluding hydrogens is 548 g/mol. The monoisotopic (exact) mass is 570 g/mol. The standard InChI is InChI=1S/3C8H8N2.3ClH.Ga/c3*1-6-2-3-7-8(4-6)10-5-9-7;;;;/h3*2-5H,1H3,(H,9,10);3*1H;/q;;;;;;+3/p-3. The Hall–Kier alpha value is -2.42. The van der Waals surface area contributed by atoms with E-state index in [4.69, 9.17) is 28.9 Å². The molecule has 0 saturated heterocycles. The van der Waals surface area contributed by atoms with Gasteiger partial charge in [-0.3, -0.25) is 0 Å². The number of halogens is 3. The number of rotatable bonds is 0. The number of benzene rings is 3. The van der Waals surface area contributed by atoms with Gasteiger partial charge in [-0.05, 0) is 73.9 Å². The Kier molecular flexibility index (Phi) is 9.92. The van der Waals surface area contributed by atoms with Crippen molar-refractivity contribution in [1.82, 2.24) is 29.9 Å². The summed E-state index contributed by atoms with van der Waals surface area (Å²) >= 11 is -2.06. The van der Waals surface area contributed by atoms with Gasteiger partial charge in [-0.15, -0.1) is 0 Å². The fourth-order valence-corrected chi connectivity index (χ4v) is 3.13. The number of nitrogens with one attached hydrogen (secondary N) is 3. The van der Waals surface area contributed by atoms with Crippen molar-refractivity contribution in [2.45, 2.75) is 20.8 Å². The predicted octanol–water partition coefficient (Wildman–Crippen LogP) is 7.30. The van der Waals surface area contributed by atoms with Crippen LogP contribution in [-0.4, -0.2) is 43.1 Å². The van der Waals surface area contributed by atoms with Gasteiger partial charge in [0, 0.05) is 0 Å². The van der Waals surface area contributed by atoms with E-state index in [2.05, 4.69) is 87.1 Å². The van der Waals surface area contributed by atoms with Gasteiger partial charge in [0.25, 0.3) is 0 Å². The van der Waals surface area contributed by atoms with E-state index in [1.54, 1.807) is 19.0 Å². The second-order valence-electron chi connectivity index (χ2n) is 7.52. The van der Waals surface area contributed by atoms with Crippen LogP contribution in [0.25, 0.3) is 33.1 Å². The van der Waals surface area contributed by atoms with E-state index >= 15 is 0 Å². The molecule has 0 aliphatic carbocycles. The zero-order chi connectivity index (χ0) is 24.5. The molecule has 3 aromatic heterocycles. The number of hydrogen-bond donors (Lipinski definition) is 3. The van der Waals surface area contributed by atoms with Crippen molar-refractivity contribution in [3.63, 3.8) is 0 Å². The molecule has 0 bridgehead atoms. The summed E-state index contributed by atoms with van der Waals surface area (Å²) in [6.07, 6.45) is 5.14. The predicted molar refractivity (Wildman–Crippen MR) is 146 cm³/mol. The molecular formula is C24H24Cl3GaN6. The number of aromatic nitrogens is 6. The summed E-state index contributed by atoms with van der Waals surface area (Å²) in [5, 5.41) is 0. The minimum atomic E-state index is -2.06. The van der Waals surface area contributed by atoms with Crippen molar-refractivity contribution < 1.29 is 0 Å². The maximum absolute atomic E-state index is 4.99. The van der Waals surface area contributed by atoms with Crippen LogP contribution in [0.2, 0.25) is 0 Å². The molecule has 0 fully saturated rings. The van der Waals surface area contributed by atoms with Gasteiger partial charge in [0.15, 0.2) is 0 Å². The van der Waals surface area contributed by atoms with E-state index in [0.29, 0.717) is 0 Å². The van der Waals surface area contributed by atoms with Gasteiger partial charge in [-0.25, -0.2) is 15.0 Å². The van der Waals surface area contributed by atoms with Crippen LogP contribution in [0.4, 0.5) is 0 Å². The summed E-state index contributed by atoms with van der Waals surface area (Å²) in [6.45, 7) is 6.19. The van der Waals surface area contributed by atoms with E-state index in [-0.39, 0.29) is 0 Å². The molecule has 34 heavy (non-hydrogen) atoms. The fraction of sp³-hybridized carbons (Fsp3) is 0.125. The molecule has 6 rings (SSSR count). The molecule has 0 amide bonds. The molecule has 0 saturated carbocycles. The molecule has 174 valence electrons. The van der Waals surface area contributed by atoms with Crippen LogP contribution in [0.3, 0.4) is 0 Å². The normalized spacial score (nSPS) is 10.1. The van der Waals surface area contributed by atoms with Gasteiger partial charge < -0.3 is 15.0 Å². The van der Waals surface area contributed by atoms with Gasteiger partial charge in [0.1, 0.15) is 0 Å². The number of aromatic amines is 3. The molecule has 6 nitrogen and oxygen atoms in total. The third-order valence-corrected chi connectivity index (χ3v) is 4.73. The molecule has 0 spiro atoms. The number of imidazole rings is 3.